The largest absolute Gasteiger partial charge is 0.494 e. The van der Waals surface area contributed by atoms with E-state index in [-0.39, 0.29) is 13.0 Å². The van der Waals surface area contributed by atoms with Crippen LogP contribution in [0.1, 0.15) is 43.0 Å². The number of benzene rings is 1. The van der Waals surface area contributed by atoms with E-state index in [0.29, 0.717) is 17.9 Å². The molecule has 1 atom stereocenters. The summed E-state index contributed by atoms with van der Waals surface area (Å²) in [6, 6.07) is 11.2. The molecule has 0 fully saturated rings. The first-order valence-electron chi connectivity index (χ1n) is 10.7. The van der Waals surface area contributed by atoms with Gasteiger partial charge < -0.3 is 14.7 Å². The van der Waals surface area contributed by atoms with Crippen molar-refractivity contribution in [3.63, 3.8) is 0 Å². The van der Waals surface area contributed by atoms with Crippen LogP contribution in [0.25, 0.3) is 0 Å². The molecule has 0 saturated carbocycles. The number of nitrogens with zero attached hydrogens (tertiary/aromatic N) is 2. The maximum atomic E-state index is 13.7. The summed E-state index contributed by atoms with van der Waals surface area (Å²) in [5.41, 5.74) is 2.53. The van der Waals surface area contributed by atoms with Crippen LogP contribution in [0.15, 0.2) is 42.6 Å². The van der Waals surface area contributed by atoms with Gasteiger partial charge in [-0.25, -0.2) is 8.78 Å². The molecule has 1 aliphatic heterocycles. The number of pyridine rings is 1. The molecule has 0 radical (unpaired) electrons. The van der Waals surface area contributed by atoms with Crippen molar-refractivity contribution in [3.8, 4) is 5.75 Å². The number of alkyl halides is 2. The molecule has 3 rings (SSSR count). The average Bonchev–Trinajstić information content (AvgIpc) is 2.84. The summed E-state index contributed by atoms with van der Waals surface area (Å²) in [6.07, 6.45) is 4.20. The number of carbonyl (C=O) groups is 2. The van der Waals surface area contributed by atoms with Gasteiger partial charge in [-0.3, -0.25) is 14.6 Å². The molecular formula is C24H28F2N2O4. The summed E-state index contributed by atoms with van der Waals surface area (Å²) in [7, 11) is 0. The quantitative estimate of drug-likeness (QED) is 0.556. The molecule has 1 N–H and O–H groups in total. The Morgan fingerprint density at radius 1 is 1.25 bits per heavy atom. The summed E-state index contributed by atoms with van der Waals surface area (Å²) in [4.78, 5) is 29.3. The molecule has 8 heteroatoms. The molecule has 0 bridgehead atoms. The Bertz CT molecular complexity index is 931. The van der Waals surface area contributed by atoms with E-state index in [2.05, 4.69) is 4.98 Å². The number of carboxylic acid groups (broad SMARTS) is 1. The highest BCUT2D eigenvalue weighted by Gasteiger charge is 2.35. The van der Waals surface area contributed by atoms with Gasteiger partial charge in [-0.15, -0.1) is 0 Å². The number of carbonyl (C=O) groups excluding carboxylic acids is 1. The van der Waals surface area contributed by atoms with E-state index in [1.54, 1.807) is 24.4 Å². The van der Waals surface area contributed by atoms with Crippen molar-refractivity contribution < 1.29 is 28.2 Å². The average molecular weight is 446 g/mol. The summed E-state index contributed by atoms with van der Waals surface area (Å²) in [6.45, 7) is 0.510. The van der Waals surface area contributed by atoms with E-state index < -0.39 is 36.7 Å². The molecule has 1 amide bonds. The number of halogens is 2. The zero-order valence-corrected chi connectivity index (χ0v) is 18.1. The van der Waals surface area contributed by atoms with Crippen molar-refractivity contribution >= 4 is 11.9 Å². The second-order valence-corrected chi connectivity index (χ2v) is 8.32. The Labute approximate surface area is 186 Å². The molecular weight excluding hydrogens is 418 g/mol. The van der Waals surface area contributed by atoms with Crippen LogP contribution in [0, 0.1) is 5.92 Å². The highest BCUT2D eigenvalue weighted by molar-refractivity contribution is 5.84. The van der Waals surface area contributed by atoms with Gasteiger partial charge in [0.1, 0.15) is 5.75 Å². The molecule has 1 aromatic carbocycles. The SMILES string of the molecule is CC(F)(F)CN1Cc2cc(OCCCCc3ccccn3)ccc2CC(CC(=O)O)C1=O. The number of hydrogen-bond acceptors (Lipinski definition) is 4. The molecule has 0 saturated heterocycles. The fraction of sp³-hybridized carbons (Fsp3) is 0.458. The van der Waals surface area contributed by atoms with Gasteiger partial charge in [0.25, 0.3) is 5.92 Å². The van der Waals surface area contributed by atoms with E-state index in [4.69, 9.17) is 9.84 Å². The predicted octanol–water partition coefficient (Wildman–Crippen LogP) is 4.11. The van der Waals surface area contributed by atoms with Gasteiger partial charge in [-0.1, -0.05) is 12.1 Å². The molecule has 2 aromatic rings. The summed E-state index contributed by atoms with van der Waals surface area (Å²) in [5.74, 6) is -5.01. The fourth-order valence-electron chi connectivity index (χ4n) is 3.92. The first-order valence-corrected chi connectivity index (χ1v) is 10.7. The number of ether oxygens (including phenoxy) is 1. The maximum absolute atomic E-state index is 13.7. The number of aromatic nitrogens is 1. The van der Waals surface area contributed by atoms with Gasteiger partial charge in [0.15, 0.2) is 0 Å². The van der Waals surface area contributed by atoms with Crippen LogP contribution in [-0.2, 0) is 29.0 Å². The Morgan fingerprint density at radius 2 is 2.06 bits per heavy atom. The molecule has 0 spiro atoms. The van der Waals surface area contributed by atoms with E-state index in [1.165, 1.54) is 0 Å². The van der Waals surface area contributed by atoms with Gasteiger partial charge in [0.05, 0.1) is 25.5 Å². The molecule has 6 nitrogen and oxygen atoms in total. The smallest absolute Gasteiger partial charge is 0.304 e. The third-order valence-corrected chi connectivity index (χ3v) is 5.38. The summed E-state index contributed by atoms with van der Waals surface area (Å²) in [5, 5.41) is 9.16. The van der Waals surface area contributed by atoms with E-state index in [1.807, 2.05) is 18.2 Å². The third-order valence-electron chi connectivity index (χ3n) is 5.38. The highest BCUT2D eigenvalue weighted by Crippen LogP contribution is 2.30. The molecule has 172 valence electrons. The predicted molar refractivity (Wildman–Crippen MR) is 115 cm³/mol. The Hall–Kier alpha value is -3.03. The Morgan fingerprint density at radius 3 is 2.75 bits per heavy atom. The highest BCUT2D eigenvalue weighted by atomic mass is 19.3. The second kappa shape index (κ2) is 10.5. The number of aliphatic carboxylic acids is 1. The molecule has 1 unspecified atom stereocenters. The molecule has 2 heterocycles. The van der Waals surface area contributed by atoms with Crippen molar-refractivity contribution in [2.75, 3.05) is 13.2 Å². The lowest BCUT2D eigenvalue weighted by Gasteiger charge is -2.26. The number of fused-ring (bicyclic) bond motifs is 1. The lowest BCUT2D eigenvalue weighted by molar-refractivity contribution is -0.147. The maximum Gasteiger partial charge on any atom is 0.304 e. The van der Waals surface area contributed by atoms with Gasteiger partial charge in [-0.2, -0.15) is 0 Å². The zero-order chi connectivity index (χ0) is 23.1. The zero-order valence-electron chi connectivity index (χ0n) is 18.1. The normalized spacial score (nSPS) is 16.4. The minimum Gasteiger partial charge on any atom is -0.494 e. The molecule has 32 heavy (non-hydrogen) atoms. The second-order valence-electron chi connectivity index (χ2n) is 8.32. The molecule has 0 aliphatic carbocycles. The lowest BCUT2D eigenvalue weighted by Crippen LogP contribution is -2.41. The summed E-state index contributed by atoms with van der Waals surface area (Å²) >= 11 is 0. The molecule has 1 aliphatic rings. The monoisotopic (exact) mass is 446 g/mol. The van der Waals surface area contributed by atoms with Crippen LogP contribution in [0.4, 0.5) is 8.78 Å². The van der Waals surface area contributed by atoms with E-state index in [9.17, 15) is 18.4 Å². The van der Waals surface area contributed by atoms with Gasteiger partial charge in [-0.05, 0) is 61.1 Å². The van der Waals surface area contributed by atoms with Crippen LogP contribution in [0.2, 0.25) is 0 Å². The number of hydrogen-bond donors (Lipinski definition) is 1. The first-order chi connectivity index (χ1) is 15.2. The van der Waals surface area contributed by atoms with Gasteiger partial charge >= 0.3 is 5.97 Å². The van der Waals surface area contributed by atoms with Crippen molar-refractivity contribution in [1.29, 1.82) is 0 Å². The van der Waals surface area contributed by atoms with Crippen LogP contribution >= 0.6 is 0 Å². The van der Waals surface area contributed by atoms with Crippen LogP contribution in [0.3, 0.4) is 0 Å². The minimum absolute atomic E-state index is 0.00456. The van der Waals surface area contributed by atoms with E-state index in [0.717, 1.165) is 42.3 Å². The van der Waals surface area contributed by atoms with Crippen molar-refractivity contribution in [2.24, 2.45) is 5.92 Å². The van der Waals surface area contributed by atoms with Crippen molar-refractivity contribution in [2.45, 2.75) is 51.5 Å². The summed E-state index contributed by atoms with van der Waals surface area (Å²) < 4.78 is 33.2. The molecule has 1 aromatic heterocycles. The number of aryl methyl sites for hydroxylation is 1. The van der Waals surface area contributed by atoms with E-state index >= 15 is 0 Å². The van der Waals surface area contributed by atoms with Gasteiger partial charge in [0, 0.05) is 25.4 Å². The topological polar surface area (TPSA) is 79.7 Å². The Kier molecular flexibility index (Phi) is 7.77. The lowest BCUT2D eigenvalue weighted by atomic mass is 9.94. The van der Waals surface area contributed by atoms with Crippen LogP contribution in [-0.4, -0.2) is 45.9 Å². The Balaban J connectivity index is 1.65. The van der Waals surface area contributed by atoms with Crippen LogP contribution < -0.4 is 4.74 Å². The number of carboxylic acids is 1. The number of rotatable bonds is 10. The fourth-order valence-corrected chi connectivity index (χ4v) is 3.92. The number of unbranched alkanes of at least 4 members (excludes halogenated alkanes) is 1. The minimum atomic E-state index is -3.07. The number of amides is 1. The van der Waals surface area contributed by atoms with Gasteiger partial charge in [0.2, 0.25) is 5.91 Å². The standard InChI is InChI=1S/C24H28F2N2O4/c1-24(25,26)16-28-15-19-13-21(32-11-5-3-7-20-6-2-4-10-27-20)9-8-17(19)12-18(23(28)31)14-22(29)30/h2,4,6,8-10,13,18H,3,5,7,11-12,14-16H2,1H3,(H,29,30). The van der Waals surface area contributed by atoms with Crippen molar-refractivity contribution in [3.05, 3.63) is 59.4 Å². The first kappa shape index (κ1) is 23.6. The van der Waals surface area contributed by atoms with Crippen molar-refractivity contribution in [1.82, 2.24) is 9.88 Å². The third kappa shape index (κ3) is 7.00. The van der Waals surface area contributed by atoms with Crippen LogP contribution in [0.5, 0.6) is 5.75 Å².